The number of carboxylic acids is 1. The van der Waals surface area contributed by atoms with E-state index in [9.17, 15) is 4.79 Å². The lowest BCUT2D eigenvalue weighted by molar-refractivity contribution is 0.0656. The molecule has 4 nitrogen and oxygen atoms in total. The van der Waals surface area contributed by atoms with Crippen LogP contribution in [-0.2, 0) is 5.75 Å². The molecule has 2 aromatic rings. The quantitative estimate of drug-likeness (QED) is 0.854. The molecule has 0 aliphatic heterocycles. The van der Waals surface area contributed by atoms with E-state index in [-0.39, 0.29) is 5.76 Å². The highest BCUT2D eigenvalue weighted by atomic mass is 32.2. The van der Waals surface area contributed by atoms with Gasteiger partial charge in [0.25, 0.3) is 0 Å². The topological polar surface area (TPSA) is 74.2 Å². The smallest absolute Gasteiger partial charge is 0.371 e. The summed E-state index contributed by atoms with van der Waals surface area (Å²) in [6, 6.07) is 12.4. The molecule has 0 amide bonds. The summed E-state index contributed by atoms with van der Waals surface area (Å²) in [5.74, 6) is -0.515. The summed E-state index contributed by atoms with van der Waals surface area (Å²) in [7, 11) is 0. The zero-order valence-electron chi connectivity index (χ0n) is 9.29. The lowest BCUT2D eigenvalue weighted by Crippen LogP contribution is -1.91. The molecule has 1 aromatic heterocycles. The van der Waals surface area contributed by atoms with Gasteiger partial charge in [-0.1, -0.05) is 23.9 Å². The predicted molar refractivity (Wildman–Crippen MR) is 66.4 cm³/mol. The van der Waals surface area contributed by atoms with Crippen LogP contribution < -0.4 is 0 Å². The number of nitrogens with zero attached hydrogens (tertiary/aromatic N) is 1. The summed E-state index contributed by atoms with van der Waals surface area (Å²) in [6.07, 6.45) is 0. The highest BCUT2D eigenvalue weighted by Crippen LogP contribution is 2.25. The summed E-state index contributed by atoms with van der Waals surface area (Å²) in [5.41, 5.74) is 1.60. The van der Waals surface area contributed by atoms with Crippen molar-refractivity contribution in [2.75, 3.05) is 0 Å². The molecule has 5 heteroatoms. The van der Waals surface area contributed by atoms with E-state index in [1.54, 1.807) is 18.2 Å². The standard InChI is InChI=1S/C13H9NO3S/c14-7-9-2-1-3-10(6-9)8-18-12-5-4-11(17-12)13(15)16/h1-6H,8H2,(H,15,16). The van der Waals surface area contributed by atoms with Crippen molar-refractivity contribution in [3.05, 3.63) is 53.3 Å². The first-order valence-electron chi connectivity index (χ1n) is 5.14. The van der Waals surface area contributed by atoms with Gasteiger partial charge in [0.15, 0.2) is 5.09 Å². The van der Waals surface area contributed by atoms with Crippen LogP contribution in [0, 0.1) is 11.3 Å². The van der Waals surface area contributed by atoms with E-state index in [1.807, 2.05) is 12.1 Å². The van der Waals surface area contributed by atoms with Crippen LogP contribution >= 0.6 is 11.8 Å². The van der Waals surface area contributed by atoms with E-state index in [2.05, 4.69) is 6.07 Å². The van der Waals surface area contributed by atoms with Crippen molar-refractivity contribution in [1.82, 2.24) is 0 Å². The molecule has 0 fully saturated rings. The second-order valence-electron chi connectivity index (χ2n) is 3.52. The Bertz CT molecular complexity index is 613. The predicted octanol–water partition coefficient (Wildman–Crippen LogP) is 3.14. The molecule has 18 heavy (non-hydrogen) atoms. The Morgan fingerprint density at radius 2 is 2.22 bits per heavy atom. The summed E-state index contributed by atoms with van der Waals surface area (Å²) in [4.78, 5) is 10.6. The van der Waals surface area contributed by atoms with Crippen LogP contribution in [0.3, 0.4) is 0 Å². The third kappa shape index (κ3) is 2.93. The van der Waals surface area contributed by atoms with Gasteiger partial charge in [0, 0.05) is 5.75 Å². The first kappa shape index (κ1) is 12.3. The lowest BCUT2D eigenvalue weighted by atomic mass is 10.2. The van der Waals surface area contributed by atoms with Gasteiger partial charge in [-0.2, -0.15) is 5.26 Å². The Balaban J connectivity index is 2.02. The average Bonchev–Trinajstić information content (AvgIpc) is 2.85. The largest absolute Gasteiger partial charge is 0.475 e. The second-order valence-corrected chi connectivity index (χ2v) is 4.50. The van der Waals surface area contributed by atoms with Gasteiger partial charge < -0.3 is 9.52 Å². The summed E-state index contributed by atoms with van der Waals surface area (Å²) in [5, 5.41) is 18.0. The molecule has 2 rings (SSSR count). The minimum atomic E-state index is -1.08. The molecule has 0 aliphatic rings. The van der Waals surface area contributed by atoms with Crippen LogP contribution in [0.5, 0.6) is 0 Å². The van der Waals surface area contributed by atoms with Crippen LogP contribution in [0.2, 0.25) is 0 Å². The SMILES string of the molecule is N#Cc1cccc(CSc2ccc(C(=O)O)o2)c1. The zero-order valence-corrected chi connectivity index (χ0v) is 10.1. The van der Waals surface area contributed by atoms with Crippen molar-refractivity contribution in [1.29, 1.82) is 5.26 Å². The summed E-state index contributed by atoms with van der Waals surface area (Å²) < 4.78 is 5.12. The van der Waals surface area contributed by atoms with Gasteiger partial charge in [0.2, 0.25) is 5.76 Å². The van der Waals surface area contributed by atoms with E-state index < -0.39 is 5.97 Å². The van der Waals surface area contributed by atoms with E-state index in [0.717, 1.165) is 5.56 Å². The van der Waals surface area contributed by atoms with Crippen LogP contribution in [0.4, 0.5) is 0 Å². The van der Waals surface area contributed by atoms with Crippen molar-refractivity contribution in [3.8, 4) is 6.07 Å². The van der Waals surface area contributed by atoms with Crippen molar-refractivity contribution in [2.45, 2.75) is 10.8 Å². The number of hydrogen-bond donors (Lipinski definition) is 1. The van der Waals surface area contributed by atoms with Gasteiger partial charge in [-0.15, -0.1) is 0 Å². The number of nitriles is 1. The molecule has 0 spiro atoms. The molecule has 0 atom stereocenters. The van der Waals surface area contributed by atoms with Gasteiger partial charge >= 0.3 is 5.97 Å². The van der Waals surface area contributed by atoms with E-state index in [4.69, 9.17) is 14.8 Å². The Kier molecular flexibility index (Phi) is 3.70. The fraction of sp³-hybridized carbons (Fsp3) is 0.0769. The number of furan rings is 1. The van der Waals surface area contributed by atoms with Gasteiger partial charge in [0.05, 0.1) is 11.6 Å². The molecule has 90 valence electrons. The molecular formula is C13H9NO3S. The fourth-order valence-electron chi connectivity index (χ4n) is 1.40. The maximum Gasteiger partial charge on any atom is 0.371 e. The molecule has 0 aliphatic carbocycles. The molecule has 0 saturated carbocycles. The Labute approximate surface area is 108 Å². The molecule has 0 saturated heterocycles. The van der Waals surface area contributed by atoms with Crippen LogP contribution in [-0.4, -0.2) is 11.1 Å². The van der Waals surface area contributed by atoms with Crippen LogP contribution in [0.25, 0.3) is 0 Å². The molecule has 0 unspecified atom stereocenters. The number of thioether (sulfide) groups is 1. The summed E-state index contributed by atoms with van der Waals surface area (Å²) >= 11 is 1.39. The van der Waals surface area contributed by atoms with Crippen LogP contribution in [0.1, 0.15) is 21.7 Å². The zero-order chi connectivity index (χ0) is 13.0. The van der Waals surface area contributed by atoms with Crippen molar-refractivity contribution >= 4 is 17.7 Å². The second kappa shape index (κ2) is 5.43. The Morgan fingerprint density at radius 3 is 2.89 bits per heavy atom. The maximum absolute atomic E-state index is 10.6. The molecule has 1 heterocycles. The number of hydrogen-bond acceptors (Lipinski definition) is 4. The third-order valence-corrected chi connectivity index (χ3v) is 3.21. The Morgan fingerprint density at radius 1 is 1.39 bits per heavy atom. The maximum atomic E-state index is 10.6. The first-order valence-corrected chi connectivity index (χ1v) is 6.12. The fourth-order valence-corrected chi connectivity index (χ4v) is 2.20. The average molecular weight is 259 g/mol. The van der Waals surface area contributed by atoms with Crippen molar-refractivity contribution in [3.63, 3.8) is 0 Å². The minimum Gasteiger partial charge on any atom is -0.475 e. The van der Waals surface area contributed by atoms with E-state index >= 15 is 0 Å². The molecule has 1 aromatic carbocycles. The molecule has 1 N–H and O–H groups in total. The van der Waals surface area contributed by atoms with Gasteiger partial charge in [-0.25, -0.2) is 4.79 Å². The van der Waals surface area contributed by atoms with Crippen molar-refractivity contribution < 1.29 is 14.3 Å². The van der Waals surface area contributed by atoms with Gasteiger partial charge in [-0.05, 0) is 29.8 Å². The number of benzene rings is 1. The molecular weight excluding hydrogens is 250 g/mol. The minimum absolute atomic E-state index is 0.0664. The third-order valence-electron chi connectivity index (χ3n) is 2.23. The Hall–Kier alpha value is -2.19. The molecule has 0 bridgehead atoms. The van der Waals surface area contributed by atoms with E-state index in [0.29, 0.717) is 16.4 Å². The monoisotopic (exact) mass is 259 g/mol. The summed E-state index contributed by atoms with van der Waals surface area (Å²) in [6.45, 7) is 0. The van der Waals surface area contributed by atoms with Crippen LogP contribution in [0.15, 0.2) is 45.9 Å². The van der Waals surface area contributed by atoms with Crippen molar-refractivity contribution in [2.24, 2.45) is 0 Å². The normalized spacial score (nSPS) is 9.94. The first-order chi connectivity index (χ1) is 8.69. The van der Waals surface area contributed by atoms with Gasteiger partial charge in [-0.3, -0.25) is 0 Å². The number of aromatic carboxylic acids is 1. The highest BCUT2D eigenvalue weighted by molar-refractivity contribution is 7.98. The number of carboxylic acid groups (broad SMARTS) is 1. The lowest BCUT2D eigenvalue weighted by Gasteiger charge is -1.99. The molecule has 0 radical (unpaired) electrons. The van der Waals surface area contributed by atoms with Gasteiger partial charge in [0.1, 0.15) is 0 Å². The number of rotatable bonds is 4. The highest BCUT2D eigenvalue weighted by Gasteiger charge is 2.09. The number of carbonyl (C=O) groups is 1. The van der Waals surface area contributed by atoms with E-state index in [1.165, 1.54) is 17.8 Å².